The van der Waals surface area contributed by atoms with E-state index in [4.69, 9.17) is 25.7 Å². The number of hydrogen-bond acceptors (Lipinski definition) is 8. The van der Waals surface area contributed by atoms with Crippen LogP contribution in [0.25, 0.3) is 32.7 Å². The summed E-state index contributed by atoms with van der Waals surface area (Å²) in [4.78, 5) is 58.0. The number of nitrogens with two attached hydrogens (primary N) is 2. The number of esters is 1. The Labute approximate surface area is 350 Å². The summed E-state index contributed by atoms with van der Waals surface area (Å²) in [5, 5.41) is 12.1. The molecule has 0 radical (unpaired) electrons. The predicted molar refractivity (Wildman–Crippen MR) is 235 cm³/mol. The van der Waals surface area contributed by atoms with Crippen LogP contribution in [0.1, 0.15) is 45.6 Å². The van der Waals surface area contributed by atoms with Crippen molar-refractivity contribution in [1.82, 2.24) is 16.0 Å². The van der Waals surface area contributed by atoms with E-state index in [2.05, 4.69) is 27.5 Å². The van der Waals surface area contributed by atoms with Gasteiger partial charge >= 0.3 is 5.97 Å². The first-order chi connectivity index (χ1) is 28.9. The van der Waals surface area contributed by atoms with Crippen LogP contribution in [0.3, 0.4) is 0 Å². The van der Waals surface area contributed by atoms with E-state index in [0.29, 0.717) is 17.9 Å². The van der Waals surface area contributed by atoms with Crippen molar-refractivity contribution < 1.29 is 33.4 Å². The first-order valence-electron chi connectivity index (χ1n) is 20.0. The lowest BCUT2D eigenvalue weighted by atomic mass is 9.92. The SMILES string of the molecule is C=CCOc1ccc2ccccc2c1-c1c(OCC(=O)N[C@H](CC(C)C)C(=O)N[C@H](CCCN=C(N)N)C(=O)N[C@@H](C)C(=O)OCc2ccccc2)ccc2ccccc12. The maximum atomic E-state index is 13.9. The van der Waals surface area contributed by atoms with Crippen LogP contribution in [-0.4, -0.2) is 67.5 Å². The van der Waals surface area contributed by atoms with Crippen LogP contribution in [0, 0.1) is 5.92 Å². The highest BCUT2D eigenvalue weighted by Crippen LogP contribution is 2.45. The van der Waals surface area contributed by atoms with Gasteiger partial charge < -0.3 is 41.6 Å². The molecular weight excluding hydrogens is 761 g/mol. The smallest absolute Gasteiger partial charge is 0.328 e. The van der Waals surface area contributed by atoms with E-state index in [0.717, 1.165) is 38.2 Å². The summed E-state index contributed by atoms with van der Waals surface area (Å²) in [5.41, 5.74) is 13.3. The third-order valence-corrected chi connectivity index (χ3v) is 9.62. The van der Waals surface area contributed by atoms with E-state index >= 15 is 0 Å². The number of nitrogens with one attached hydrogen (secondary N) is 3. The second-order valence-corrected chi connectivity index (χ2v) is 14.8. The molecule has 3 amide bonds. The van der Waals surface area contributed by atoms with Crippen molar-refractivity contribution >= 4 is 51.2 Å². The van der Waals surface area contributed by atoms with Gasteiger partial charge in [0.05, 0.1) is 0 Å². The minimum Gasteiger partial charge on any atom is -0.489 e. The van der Waals surface area contributed by atoms with Crippen LogP contribution in [0.4, 0.5) is 0 Å². The number of ether oxygens (including phenoxy) is 3. The molecule has 7 N–H and O–H groups in total. The van der Waals surface area contributed by atoms with Crippen LogP contribution in [0.15, 0.2) is 121 Å². The fourth-order valence-corrected chi connectivity index (χ4v) is 6.76. The standard InChI is InChI=1S/C47H54N6O7/c1-5-26-58-39-23-21-33-16-9-11-18-35(33)42(39)43-36-19-12-10-17-34(36)22-24-40(43)59-29-41(54)52-38(27-30(2)3)45(56)53-37(20-13-25-50-47(48)49)44(55)51-31(4)46(57)60-28-32-14-7-6-8-15-32/h5-12,14-19,21-24,30-31,37-38H,1,13,20,25-29H2,2-4H3,(H,51,55)(H,52,54)(H,53,56)(H4,48,49,50)/t31-,37+,38+/m0/s1. The zero-order valence-corrected chi connectivity index (χ0v) is 34.3. The van der Waals surface area contributed by atoms with Crippen molar-refractivity contribution in [3.8, 4) is 22.6 Å². The minimum atomic E-state index is -1.09. The number of guanidine groups is 1. The monoisotopic (exact) mass is 814 g/mol. The molecule has 0 spiro atoms. The molecule has 5 aromatic rings. The number of rotatable bonds is 21. The lowest BCUT2D eigenvalue weighted by Gasteiger charge is -2.25. The van der Waals surface area contributed by atoms with Crippen molar-refractivity contribution in [3.63, 3.8) is 0 Å². The van der Waals surface area contributed by atoms with Crippen molar-refractivity contribution in [2.45, 2.75) is 64.8 Å². The highest BCUT2D eigenvalue weighted by molar-refractivity contribution is 6.10. The summed E-state index contributed by atoms with van der Waals surface area (Å²) in [6, 6.07) is 29.6. The molecule has 0 aliphatic carbocycles. The minimum absolute atomic E-state index is 0.0112. The number of nitrogens with zero attached hydrogens (tertiary/aromatic N) is 1. The van der Waals surface area contributed by atoms with Gasteiger partial charge in [-0.15, -0.1) is 0 Å². The number of fused-ring (bicyclic) bond motifs is 2. The average Bonchev–Trinajstić information content (AvgIpc) is 3.24. The highest BCUT2D eigenvalue weighted by atomic mass is 16.5. The number of benzene rings is 5. The van der Waals surface area contributed by atoms with Crippen LogP contribution < -0.4 is 36.9 Å². The van der Waals surface area contributed by atoms with Crippen LogP contribution >= 0.6 is 0 Å². The number of carbonyl (C=O) groups excluding carboxylic acids is 4. The molecule has 0 aliphatic rings. The van der Waals surface area contributed by atoms with E-state index in [1.807, 2.05) is 117 Å². The topological polar surface area (TPSA) is 196 Å². The maximum Gasteiger partial charge on any atom is 0.328 e. The van der Waals surface area contributed by atoms with Crippen molar-refractivity contribution in [2.24, 2.45) is 22.4 Å². The summed E-state index contributed by atoms with van der Waals surface area (Å²) in [6.07, 6.45) is 2.43. The molecule has 0 bridgehead atoms. The summed E-state index contributed by atoms with van der Waals surface area (Å²) in [5.74, 6) is -1.41. The van der Waals surface area contributed by atoms with Gasteiger partial charge in [-0.1, -0.05) is 117 Å². The first kappa shape index (κ1) is 44.2. The molecule has 0 unspecified atom stereocenters. The zero-order valence-electron chi connectivity index (χ0n) is 34.3. The molecule has 0 heterocycles. The molecule has 5 aromatic carbocycles. The van der Waals surface area contributed by atoms with Crippen LogP contribution in [0.5, 0.6) is 11.5 Å². The Morgan fingerprint density at radius 1 is 0.717 bits per heavy atom. The second kappa shape index (κ2) is 21.8. The van der Waals surface area contributed by atoms with Gasteiger partial charge in [0.25, 0.3) is 5.91 Å². The molecule has 0 saturated carbocycles. The molecule has 3 atom stereocenters. The van der Waals surface area contributed by atoms with Gasteiger partial charge in [-0.3, -0.25) is 19.4 Å². The molecule has 13 heteroatoms. The fourth-order valence-electron chi connectivity index (χ4n) is 6.76. The molecule has 0 aliphatic heterocycles. The van der Waals surface area contributed by atoms with Gasteiger partial charge in [-0.2, -0.15) is 0 Å². The molecule has 314 valence electrons. The number of carbonyl (C=O) groups is 4. The van der Waals surface area contributed by atoms with Crippen LogP contribution in [-0.2, 0) is 30.5 Å². The Kier molecular flexibility index (Phi) is 16.0. The number of aliphatic imine (C=N–C) groups is 1. The van der Waals surface area contributed by atoms with E-state index in [9.17, 15) is 19.2 Å². The highest BCUT2D eigenvalue weighted by Gasteiger charge is 2.29. The molecular formula is C47H54N6O7. The summed E-state index contributed by atoms with van der Waals surface area (Å²) < 4.78 is 17.9. The fraction of sp³-hybridized carbons (Fsp3) is 0.298. The first-order valence-corrected chi connectivity index (χ1v) is 20.0. The van der Waals surface area contributed by atoms with Gasteiger partial charge in [-0.05, 0) is 71.3 Å². The summed E-state index contributed by atoms with van der Waals surface area (Å²) in [7, 11) is 0. The second-order valence-electron chi connectivity index (χ2n) is 14.8. The Morgan fingerprint density at radius 3 is 1.90 bits per heavy atom. The van der Waals surface area contributed by atoms with E-state index in [1.54, 1.807) is 6.08 Å². The van der Waals surface area contributed by atoms with Gasteiger partial charge in [0.1, 0.15) is 42.8 Å². The number of amides is 3. The Hall–Kier alpha value is -6.89. The van der Waals surface area contributed by atoms with E-state index in [-0.39, 0.29) is 44.5 Å². The van der Waals surface area contributed by atoms with E-state index < -0.39 is 48.4 Å². The average molecular weight is 815 g/mol. The molecule has 13 nitrogen and oxygen atoms in total. The van der Waals surface area contributed by atoms with Crippen LogP contribution in [0.2, 0.25) is 0 Å². The molecule has 0 fully saturated rings. The van der Waals surface area contributed by atoms with Gasteiger partial charge in [0.15, 0.2) is 12.6 Å². The van der Waals surface area contributed by atoms with Gasteiger partial charge in [0.2, 0.25) is 11.8 Å². The molecule has 5 rings (SSSR count). The quantitative estimate of drug-likeness (QED) is 0.0196. The largest absolute Gasteiger partial charge is 0.489 e. The molecule has 60 heavy (non-hydrogen) atoms. The molecule has 0 aromatic heterocycles. The van der Waals surface area contributed by atoms with Gasteiger partial charge in [-0.25, -0.2) is 4.79 Å². The Morgan fingerprint density at radius 2 is 1.30 bits per heavy atom. The number of hydrogen-bond donors (Lipinski definition) is 5. The third-order valence-electron chi connectivity index (χ3n) is 9.62. The van der Waals surface area contributed by atoms with Crippen molar-refractivity contribution in [1.29, 1.82) is 0 Å². The lowest BCUT2D eigenvalue weighted by molar-refractivity contribution is -0.148. The lowest BCUT2D eigenvalue weighted by Crippen LogP contribution is -2.56. The Balaban J connectivity index is 1.33. The van der Waals surface area contributed by atoms with Gasteiger partial charge in [0, 0.05) is 17.7 Å². The third kappa shape index (κ3) is 12.3. The summed E-state index contributed by atoms with van der Waals surface area (Å²) >= 11 is 0. The summed E-state index contributed by atoms with van der Waals surface area (Å²) in [6.45, 7) is 9.27. The Bertz CT molecular complexity index is 2310. The van der Waals surface area contributed by atoms with Crippen molar-refractivity contribution in [3.05, 3.63) is 121 Å². The zero-order chi connectivity index (χ0) is 43.0. The normalized spacial score (nSPS) is 12.5. The van der Waals surface area contributed by atoms with E-state index in [1.165, 1.54) is 6.92 Å². The maximum absolute atomic E-state index is 13.9. The van der Waals surface area contributed by atoms with Crippen molar-refractivity contribution in [2.75, 3.05) is 19.8 Å². The molecule has 0 saturated heterocycles. The predicted octanol–water partition coefficient (Wildman–Crippen LogP) is 5.92.